The van der Waals surface area contributed by atoms with E-state index in [2.05, 4.69) is 20.9 Å². The molecular formula is C7H8BrN3O. The standard InChI is InChI=1S/C7H8BrN3O/c8-4-1-2-5(11-3-4)6(9)7(10)12/h1-3,6H,9H2,(H2,10,12). The molecule has 1 heterocycles. The molecule has 12 heavy (non-hydrogen) atoms. The van der Waals surface area contributed by atoms with Crippen molar-refractivity contribution in [3.05, 3.63) is 28.5 Å². The summed E-state index contributed by atoms with van der Waals surface area (Å²) in [6, 6.07) is 2.59. The number of carbonyl (C=O) groups is 1. The Balaban J connectivity index is 2.89. The predicted octanol–water partition coefficient (Wildman–Crippen LogP) is 0.329. The van der Waals surface area contributed by atoms with E-state index in [1.165, 1.54) is 0 Å². The van der Waals surface area contributed by atoms with Gasteiger partial charge in [-0.2, -0.15) is 0 Å². The van der Waals surface area contributed by atoms with E-state index >= 15 is 0 Å². The molecule has 1 amide bonds. The Hall–Kier alpha value is -0.940. The van der Waals surface area contributed by atoms with Crippen LogP contribution in [0.2, 0.25) is 0 Å². The Kier molecular flexibility index (Phi) is 2.78. The summed E-state index contributed by atoms with van der Waals surface area (Å²) in [5.74, 6) is -0.579. The van der Waals surface area contributed by atoms with Crippen LogP contribution in [0.3, 0.4) is 0 Å². The topological polar surface area (TPSA) is 82.0 Å². The summed E-state index contributed by atoms with van der Waals surface area (Å²) >= 11 is 3.21. The van der Waals surface area contributed by atoms with Crippen LogP contribution in [0.15, 0.2) is 22.8 Å². The molecule has 0 fully saturated rings. The summed E-state index contributed by atoms with van der Waals surface area (Å²) in [4.78, 5) is 14.6. The predicted molar refractivity (Wildman–Crippen MR) is 48.1 cm³/mol. The summed E-state index contributed by atoms with van der Waals surface area (Å²) in [7, 11) is 0. The number of nitrogens with two attached hydrogens (primary N) is 2. The van der Waals surface area contributed by atoms with Gasteiger partial charge in [0, 0.05) is 10.7 Å². The lowest BCUT2D eigenvalue weighted by molar-refractivity contribution is -0.119. The molecule has 0 saturated carbocycles. The summed E-state index contributed by atoms with van der Waals surface area (Å²) in [6.07, 6.45) is 1.57. The first-order valence-corrected chi connectivity index (χ1v) is 4.07. The Morgan fingerprint density at radius 3 is 2.67 bits per heavy atom. The molecule has 1 unspecified atom stereocenters. The van der Waals surface area contributed by atoms with Gasteiger partial charge < -0.3 is 11.5 Å². The van der Waals surface area contributed by atoms with Crippen LogP contribution in [0, 0.1) is 0 Å². The second kappa shape index (κ2) is 3.64. The SMILES string of the molecule is NC(=O)C(N)c1ccc(Br)cn1. The minimum Gasteiger partial charge on any atom is -0.368 e. The Morgan fingerprint density at radius 1 is 1.58 bits per heavy atom. The summed E-state index contributed by atoms with van der Waals surface area (Å²) in [6.45, 7) is 0. The monoisotopic (exact) mass is 229 g/mol. The van der Waals surface area contributed by atoms with E-state index in [1.54, 1.807) is 18.3 Å². The first-order valence-electron chi connectivity index (χ1n) is 3.27. The third-order valence-corrected chi connectivity index (χ3v) is 1.84. The molecule has 1 atom stereocenters. The maximum Gasteiger partial charge on any atom is 0.240 e. The van der Waals surface area contributed by atoms with Crippen molar-refractivity contribution >= 4 is 21.8 Å². The van der Waals surface area contributed by atoms with Crippen LogP contribution < -0.4 is 11.5 Å². The van der Waals surface area contributed by atoms with Gasteiger partial charge in [0.05, 0.1) is 5.69 Å². The van der Waals surface area contributed by atoms with Crippen LogP contribution in [-0.2, 0) is 4.79 Å². The number of hydrogen-bond donors (Lipinski definition) is 2. The van der Waals surface area contributed by atoms with Gasteiger partial charge in [-0.25, -0.2) is 0 Å². The zero-order valence-corrected chi connectivity index (χ0v) is 7.78. The van der Waals surface area contributed by atoms with E-state index in [1.807, 2.05) is 0 Å². The van der Waals surface area contributed by atoms with Crippen molar-refractivity contribution < 1.29 is 4.79 Å². The number of halogens is 1. The normalized spacial score (nSPS) is 12.5. The van der Waals surface area contributed by atoms with Gasteiger partial charge >= 0.3 is 0 Å². The van der Waals surface area contributed by atoms with Crippen molar-refractivity contribution in [2.75, 3.05) is 0 Å². The molecule has 0 saturated heterocycles. The lowest BCUT2D eigenvalue weighted by Crippen LogP contribution is -2.28. The summed E-state index contributed by atoms with van der Waals surface area (Å²) < 4.78 is 0.836. The molecule has 5 heteroatoms. The Morgan fingerprint density at radius 2 is 2.25 bits per heavy atom. The maximum absolute atomic E-state index is 10.6. The Bertz CT molecular complexity index is 285. The molecule has 0 aromatic carbocycles. The van der Waals surface area contributed by atoms with Crippen molar-refractivity contribution in [2.45, 2.75) is 6.04 Å². The zero-order valence-electron chi connectivity index (χ0n) is 6.20. The first kappa shape index (κ1) is 9.15. The number of pyridine rings is 1. The lowest BCUT2D eigenvalue weighted by atomic mass is 10.2. The fourth-order valence-electron chi connectivity index (χ4n) is 0.717. The third kappa shape index (κ3) is 2.02. The van der Waals surface area contributed by atoms with Crippen LogP contribution in [0.1, 0.15) is 11.7 Å². The number of primary amides is 1. The fourth-order valence-corrected chi connectivity index (χ4v) is 0.952. The van der Waals surface area contributed by atoms with Crippen LogP contribution in [0.25, 0.3) is 0 Å². The molecule has 0 spiro atoms. The largest absolute Gasteiger partial charge is 0.368 e. The minimum absolute atomic E-state index is 0.478. The van der Waals surface area contributed by atoms with Crippen LogP contribution in [0.5, 0.6) is 0 Å². The molecule has 0 radical (unpaired) electrons. The number of rotatable bonds is 2. The quantitative estimate of drug-likeness (QED) is 0.767. The van der Waals surface area contributed by atoms with Gasteiger partial charge in [0.2, 0.25) is 5.91 Å². The molecule has 1 aromatic rings. The molecule has 0 aliphatic rings. The average Bonchev–Trinajstić information content (AvgIpc) is 2.04. The number of amides is 1. The van der Waals surface area contributed by atoms with Crippen molar-refractivity contribution in [3.8, 4) is 0 Å². The van der Waals surface area contributed by atoms with E-state index < -0.39 is 11.9 Å². The van der Waals surface area contributed by atoms with Gasteiger partial charge in [-0.3, -0.25) is 9.78 Å². The van der Waals surface area contributed by atoms with Crippen molar-refractivity contribution in [1.29, 1.82) is 0 Å². The van der Waals surface area contributed by atoms with Crippen molar-refractivity contribution in [2.24, 2.45) is 11.5 Å². The number of hydrogen-bond acceptors (Lipinski definition) is 3. The highest BCUT2D eigenvalue weighted by molar-refractivity contribution is 9.10. The molecule has 0 bridgehead atoms. The van der Waals surface area contributed by atoms with Crippen molar-refractivity contribution in [3.63, 3.8) is 0 Å². The molecular weight excluding hydrogens is 222 g/mol. The van der Waals surface area contributed by atoms with Gasteiger partial charge in [0.25, 0.3) is 0 Å². The van der Waals surface area contributed by atoms with Crippen molar-refractivity contribution in [1.82, 2.24) is 4.98 Å². The van der Waals surface area contributed by atoms with Crippen LogP contribution in [-0.4, -0.2) is 10.9 Å². The average molecular weight is 230 g/mol. The van der Waals surface area contributed by atoms with Gasteiger partial charge in [0.1, 0.15) is 6.04 Å². The van der Waals surface area contributed by atoms with Crippen LogP contribution >= 0.6 is 15.9 Å². The molecule has 1 aromatic heterocycles. The third-order valence-electron chi connectivity index (χ3n) is 1.38. The van der Waals surface area contributed by atoms with Gasteiger partial charge in [0.15, 0.2) is 0 Å². The second-order valence-corrected chi connectivity index (χ2v) is 3.20. The molecule has 0 aliphatic heterocycles. The molecule has 4 N–H and O–H groups in total. The molecule has 0 aliphatic carbocycles. The summed E-state index contributed by atoms with van der Waals surface area (Å²) in [5.41, 5.74) is 10.9. The second-order valence-electron chi connectivity index (χ2n) is 2.28. The minimum atomic E-state index is -0.821. The van der Waals surface area contributed by atoms with E-state index in [9.17, 15) is 4.79 Å². The Labute approximate surface area is 78.1 Å². The molecule has 1 rings (SSSR count). The van der Waals surface area contributed by atoms with E-state index in [4.69, 9.17) is 11.5 Å². The fraction of sp³-hybridized carbons (Fsp3) is 0.143. The van der Waals surface area contributed by atoms with Gasteiger partial charge in [-0.1, -0.05) is 0 Å². The maximum atomic E-state index is 10.6. The molecule has 64 valence electrons. The highest BCUT2D eigenvalue weighted by Crippen LogP contribution is 2.11. The van der Waals surface area contributed by atoms with E-state index in [0.717, 1.165) is 4.47 Å². The zero-order chi connectivity index (χ0) is 9.14. The highest BCUT2D eigenvalue weighted by atomic mass is 79.9. The van der Waals surface area contributed by atoms with E-state index in [-0.39, 0.29) is 0 Å². The smallest absolute Gasteiger partial charge is 0.240 e. The number of carbonyl (C=O) groups excluding carboxylic acids is 1. The first-order chi connectivity index (χ1) is 5.61. The van der Waals surface area contributed by atoms with Gasteiger partial charge in [-0.15, -0.1) is 0 Å². The summed E-state index contributed by atoms with van der Waals surface area (Å²) in [5, 5.41) is 0. The number of nitrogens with zero attached hydrogens (tertiary/aromatic N) is 1. The van der Waals surface area contributed by atoms with Crippen LogP contribution in [0.4, 0.5) is 0 Å². The molecule has 4 nitrogen and oxygen atoms in total. The van der Waals surface area contributed by atoms with E-state index in [0.29, 0.717) is 5.69 Å². The van der Waals surface area contributed by atoms with Gasteiger partial charge in [-0.05, 0) is 28.1 Å². The highest BCUT2D eigenvalue weighted by Gasteiger charge is 2.12. The number of aromatic nitrogens is 1. The lowest BCUT2D eigenvalue weighted by Gasteiger charge is -2.05.